The molecule has 3 aromatic carbocycles. The minimum Gasteiger partial charge on any atom is -0.293 e. The fraction of sp³-hybridized carbons (Fsp3) is 0.310. The second-order valence-electron chi connectivity index (χ2n) is 10.2. The standard InChI is InChI=1S/C29H30FN5O2S/c1-20(2)18-33-12-13-34(38(36,37)26-10-4-22(16-31)5-11-26)19-29(33)27-15-23-17-32-35(28(23)14-21(27)3)25-8-6-24(30)7-9-25/h4-11,14-15,17,20,29H,12-13,18-19H2,1-3H3/t29-/m1/s1. The summed E-state index contributed by atoms with van der Waals surface area (Å²) in [5, 5.41) is 14.6. The molecule has 1 saturated heterocycles. The topological polar surface area (TPSA) is 82.2 Å². The van der Waals surface area contributed by atoms with Crippen LogP contribution in [0.1, 0.15) is 36.6 Å². The molecule has 5 rings (SSSR count). The lowest BCUT2D eigenvalue weighted by atomic mass is 9.96. The SMILES string of the molecule is Cc1cc2c(cnn2-c2ccc(F)cc2)cc1[C@H]1CN(S(=O)(=O)c2ccc(C#N)cc2)CCN1CC(C)C. The Morgan fingerprint density at radius 2 is 1.79 bits per heavy atom. The van der Waals surface area contributed by atoms with Crippen LogP contribution in [0.2, 0.25) is 0 Å². The molecule has 0 unspecified atom stereocenters. The first-order chi connectivity index (χ1) is 18.2. The van der Waals surface area contributed by atoms with Crippen molar-refractivity contribution in [2.45, 2.75) is 31.7 Å². The maximum atomic E-state index is 13.6. The molecule has 0 spiro atoms. The average molecular weight is 532 g/mol. The number of hydrogen-bond acceptors (Lipinski definition) is 5. The van der Waals surface area contributed by atoms with Gasteiger partial charge in [-0.3, -0.25) is 4.90 Å². The number of sulfonamides is 1. The van der Waals surface area contributed by atoms with Crippen molar-refractivity contribution in [1.29, 1.82) is 5.26 Å². The van der Waals surface area contributed by atoms with Gasteiger partial charge in [0.25, 0.3) is 0 Å². The average Bonchev–Trinajstić information content (AvgIpc) is 3.31. The van der Waals surface area contributed by atoms with Crippen molar-refractivity contribution >= 4 is 20.9 Å². The summed E-state index contributed by atoms with van der Waals surface area (Å²) in [5.74, 6) is 0.121. The summed E-state index contributed by atoms with van der Waals surface area (Å²) in [6.07, 6.45) is 1.79. The van der Waals surface area contributed by atoms with Gasteiger partial charge in [-0.1, -0.05) is 13.8 Å². The molecule has 38 heavy (non-hydrogen) atoms. The van der Waals surface area contributed by atoms with Crippen LogP contribution in [0.25, 0.3) is 16.6 Å². The molecule has 1 fully saturated rings. The second kappa shape index (κ2) is 10.3. The first-order valence-corrected chi connectivity index (χ1v) is 14.1. The summed E-state index contributed by atoms with van der Waals surface area (Å²) in [5.41, 5.74) is 4.21. The predicted octanol–water partition coefficient (Wildman–Crippen LogP) is 5.05. The number of piperazine rings is 1. The van der Waals surface area contributed by atoms with E-state index in [0.29, 0.717) is 31.1 Å². The third kappa shape index (κ3) is 4.95. The van der Waals surface area contributed by atoms with E-state index >= 15 is 0 Å². The molecule has 196 valence electrons. The number of benzene rings is 3. The highest BCUT2D eigenvalue weighted by Crippen LogP contribution is 2.34. The number of nitriles is 1. The van der Waals surface area contributed by atoms with Crippen LogP contribution in [0.5, 0.6) is 0 Å². The maximum absolute atomic E-state index is 13.6. The zero-order chi connectivity index (χ0) is 27.0. The molecule has 1 aliphatic rings. The largest absolute Gasteiger partial charge is 0.293 e. The molecule has 0 bridgehead atoms. The number of hydrogen-bond donors (Lipinski definition) is 0. The van der Waals surface area contributed by atoms with Gasteiger partial charge < -0.3 is 0 Å². The van der Waals surface area contributed by atoms with E-state index in [4.69, 9.17) is 5.26 Å². The molecule has 9 heteroatoms. The van der Waals surface area contributed by atoms with Crippen LogP contribution in [0, 0.1) is 30.0 Å². The second-order valence-corrected chi connectivity index (χ2v) is 12.1. The zero-order valence-electron chi connectivity index (χ0n) is 21.7. The van der Waals surface area contributed by atoms with Crippen molar-refractivity contribution in [3.05, 3.63) is 89.4 Å². The van der Waals surface area contributed by atoms with E-state index in [1.807, 2.05) is 13.0 Å². The van der Waals surface area contributed by atoms with E-state index in [1.54, 1.807) is 27.3 Å². The number of aryl methyl sites for hydroxylation is 1. The van der Waals surface area contributed by atoms with Gasteiger partial charge in [0, 0.05) is 37.6 Å². The maximum Gasteiger partial charge on any atom is 0.243 e. The fourth-order valence-corrected chi connectivity index (χ4v) is 6.63. The van der Waals surface area contributed by atoms with Gasteiger partial charge in [-0.15, -0.1) is 0 Å². The molecular formula is C29H30FN5O2S. The summed E-state index contributed by atoms with van der Waals surface area (Å²) >= 11 is 0. The van der Waals surface area contributed by atoms with E-state index in [9.17, 15) is 12.8 Å². The van der Waals surface area contributed by atoms with Gasteiger partial charge in [-0.2, -0.15) is 14.7 Å². The monoisotopic (exact) mass is 531 g/mol. The lowest BCUT2D eigenvalue weighted by molar-refractivity contribution is 0.105. The third-order valence-corrected chi connectivity index (χ3v) is 8.94. The summed E-state index contributed by atoms with van der Waals surface area (Å²) in [6.45, 7) is 8.56. The van der Waals surface area contributed by atoms with Crippen molar-refractivity contribution in [3.63, 3.8) is 0 Å². The molecule has 0 radical (unpaired) electrons. The minimum atomic E-state index is -3.72. The molecule has 4 aromatic rings. The molecule has 1 atom stereocenters. The first kappa shape index (κ1) is 26.0. The highest BCUT2D eigenvalue weighted by Gasteiger charge is 2.36. The van der Waals surface area contributed by atoms with Crippen molar-refractivity contribution < 1.29 is 12.8 Å². The highest BCUT2D eigenvalue weighted by molar-refractivity contribution is 7.89. The van der Waals surface area contributed by atoms with Crippen molar-refractivity contribution in [1.82, 2.24) is 19.0 Å². The summed E-state index contributed by atoms with van der Waals surface area (Å²) in [6, 6.07) is 18.4. The van der Waals surface area contributed by atoms with E-state index in [1.165, 1.54) is 36.4 Å². The Balaban J connectivity index is 1.52. The van der Waals surface area contributed by atoms with Crippen molar-refractivity contribution in [2.24, 2.45) is 5.92 Å². The van der Waals surface area contributed by atoms with Gasteiger partial charge in [-0.25, -0.2) is 17.5 Å². The summed E-state index contributed by atoms with van der Waals surface area (Å²) < 4.78 is 43.9. The molecule has 7 nitrogen and oxygen atoms in total. The van der Waals surface area contributed by atoms with E-state index < -0.39 is 10.0 Å². The lowest BCUT2D eigenvalue weighted by Gasteiger charge is -2.42. The van der Waals surface area contributed by atoms with Crippen LogP contribution in [-0.4, -0.2) is 53.6 Å². The Kier molecular flexibility index (Phi) is 7.05. The number of rotatable bonds is 6. The summed E-state index contributed by atoms with van der Waals surface area (Å²) in [4.78, 5) is 2.56. The minimum absolute atomic E-state index is 0.127. The van der Waals surface area contributed by atoms with E-state index in [2.05, 4.69) is 36.0 Å². The fourth-order valence-electron chi connectivity index (χ4n) is 5.19. The zero-order valence-corrected chi connectivity index (χ0v) is 22.5. The molecule has 0 amide bonds. The Bertz CT molecular complexity index is 1610. The number of fused-ring (bicyclic) bond motifs is 1. The Hall–Kier alpha value is -3.58. The number of nitrogens with zero attached hydrogens (tertiary/aromatic N) is 5. The van der Waals surface area contributed by atoms with Gasteiger partial charge in [0.1, 0.15) is 5.82 Å². The van der Waals surface area contributed by atoms with E-state index in [-0.39, 0.29) is 16.8 Å². The van der Waals surface area contributed by atoms with Gasteiger partial charge in [0.05, 0.1) is 33.9 Å². The Morgan fingerprint density at radius 3 is 2.45 bits per heavy atom. The van der Waals surface area contributed by atoms with Gasteiger partial charge in [0.15, 0.2) is 0 Å². The van der Waals surface area contributed by atoms with Gasteiger partial charge >= 0.3 is 0 Å². The quantitative estimate of drug-likeness (QED) is 0.348. The third-order valence-electron chi connectivity index (χ3n) is 7.06. The lowest BCUT2D eigenvalue weighted by Crippen LogP contribution is -2.51. The molecule has 0 saturated carbocycles. The van der Waals surface area contributed by atoms with Crippen LogP contribution in [0.15, 0.2) is 71.8 Å². The molecule has 1 aliphatic heterocycles. The molecule has 1 aromatic heterocycles. The van der Waals surface area contributed by atoms with Crippen LogP contribution in [-0.2, 0) is 10.0 Å². The van der Waals surface area contributed by atoms with Crippen molar-refractivity contribution in [2.75, 3.05) is 26.2 Å². The molecule has 2 heterocycles. The highest BCUT2D eigenvalue weighted by atomic mass is 32.2. The van der Waals surface area contributed by atoms with Gasteiger partial charge in [-0.05, 0) is 84.6 Å². The number of halogens is 1. The summed E-state index contributed by atoms with van der Waals surface area (Å²) in [7, 11) is -3.72. The van der Waals surface area contributed by atoms with Crippen molar-refractivity contribution in [3.8, 4) is 11.8 Å². The Morgan fingerprint density at radius 1 is 1.08 bits per heavy atom. The van der Waals surface area contributed by atoms with Crippen LogP contribution >= 0.6 is 0 Å². The molecular weight excluding hydrogens is 501 g/mol. The molecule has 0 aliphatic carbocycles. The van der Waals surface area contributed by atoms with Crippen LogP contribution < -0.4 is 0 Å². The smallest absolute Gasteiger partial charge is 0.243 e. The van der Waals surface area contributed by atoms with E-state index in [0.717, 1.165) is 34.3 Å². The normalized spacial score (nSPS) is 17.2. The van der Waals surface area contributed by atoms with Gasteiger partial charge in [0.2, 0.25) is 10.0 Å². The number of aromatic nitrogens is 2. The first-order valence-electron chi connectivity index (χ1n) is 12.7. The Labute approximate surface area is 222 Å². The predicted molar refractivity (Wildman–Crippen MR) is 145 cm³/mol. The molecule has 0 N–H and O–H groups in total. The van der Waals surface area contributed by atoms with Crippen LogP contribution in [0.3, 0.4) is 0 Å². The van der Waals surface area contributed by atoms with Crippen LogP contribution in [0.4, 0.5) is 4.39 Å².